The van der Waals surface area contributed by atoms with Gasteiger partial charge in [-0.25, -0.2) is 0 Å². The predicted octanol–water partition coefficient (Wildman–Crippen LogP) is 3.71. The maximum absolute atomic E-state index is 13.0. The number of rotatable bonds is 4. The molecule has 5 heteroatoms. The Balaban J connectivity index is 1.37. The molecule has 1 aliphatic heterocycles. The molecule has 2 aromatic carbocycles. The van der Waals surface area contributed by atoms with Crippen molar-refractivity contribution in [3.05, 3.63) is 78.1 Å². The van der Waals surface area contributed by atoms with Crippen LogP contribution in [0.2, 0.25) is 0 Å². The van der Waals surface area contributed by atoms with Gasteiger partial charge < -0.3 is 14.6 Å². The van der Waals surface area contributed by atoms with Gasteiger partial charge in [0.15, 0.2) is 0 Å². The Hall–Kier alpha value is -3.18. The molecule has 0 aliphatic carbocycles. The summed E-state index contributed by atoms with van der Waals surface area (Å²) in [6.45, 7) is 1.20. The smallest absolute Gasteiger partial charge is 0.252 e. The zero-order valence-corrected chi connectivity index (χ0v) is 16.3. The fraction of sp³-hybridized carbons (Fsp3) is 0.250. The average Bonchev–Trinajstić information content (AvgIpc) is 3.35. The van der Waals surface area contributed by atoms with Gasteiger partial charge in [0.2, 0.25) is 0 Å². The van der Waals surface area contributed by atoms with Crippen LogP contribution < -0.4 is 5.32 Å². The van der Waals surface area contributed by atoms with Crippen molar-refractivity contribution in [1.82, 2.24) is 14.9 Å². The van der Waals surface area contributed by atoms with E-state index in [1.165, 1.54) is 10.9 Å². The molecule has 5 rings (SSSR count). The van der Waals surface area contributed by atoms with Crippen molar-refractivity contribution in [2.75, 3.05) is 13.2 Å². The fourth-order valence-corrected chi connectivity index (χ4v) is 4.32. The third-order valence-electron chi connectivity index (χ3n) is 5.91. The van der Waals surface area contributed by atoms with E-state index in [-0.39, 0.29) is 17.9 Å². The summed E-state index contributed by atoms with van der Waals surface area (Å²) in [7, 11) is 1.99. The van der Waals surface area contributed by atoms with Crippen LogP contribution in [0.4, 0.5) is 0 Å². The molecule has 2 aromatic heterocycles. The maximum atomic E-state index is 13.0. The summed E-state index contributed by atoms with van der Waals surface area (Å²) in [6.07, 6.45) is 4.69. The van der Waals surface area contributed by atoms with Crippen molar-refractivity contribution >= 4 is 27.7 Å². The lowest BCUT2D eigenvalue weighted by Crippen LogP contribution is -2.40. The van der Waals surface area contributed by atoms with Crippen LogP contribution in [-0.2, 0) is 18.2 Å². The van der Waals surface area contributed by atoms with Crippen molar-refractivity contribution in [2.45, 2.75) is 12.5 Å². The lowest BCUT2D eigenvalue weighted by Gasteiger charge is -2.20. The molecule has 0 spiro atoms. The third kappa shape index (κ3) is 3.28. The van der Waals surface area contributed by atoms with Crippen LogP contribution in [0, 0.1) is 5.92 Å². The highest BCUT2D eigenvalue weighted by Crippen LogP contribution is 2.25. The summed E-state index contributed by atoms with van der Waals surface area (Å²) in [5.41, 5.74) is 4.01. The minimum Gasteiger partial charge on any atom is -0.379 e. The number of aromatic nitrogens is 2. The third-order valence-corrected chi connectivity index (χ3v) is 5.91. The molecule has 3 heterocycles. The molecule has 1 N–H and O–H groups in total. The molecule has 2 atom stereocenters. The first-order valence-corrected chi connectivity index (χ1v) is 9.96. The Morgan fingerprint density at radius 3 is 2.93 bits per heavy atom. The second-order valence-electron chi connectivity index (χ2n) is 7.73. The largest absolute Gasteiger partial charge is 0.379 e. The number of aryl methyl sites for hydroxylation is 1. The standard InChI is InChI=1S/C24H23N3O2/c1-27-12-10-19-20(6-4-8-23(19)27)24(28)26-22-15-29-14-17(22)13-16-9-11-25-21-7-3-2-5-18(16)21/h2-12,17,22H,13-15H2,1H3,(H,26,28)/t17-,22-/m1/s1. The SMILES string of the molecule is Cn1ccc2c(C(=O)N[C@@H]3COC[C@H]3Cc3ccnc4ccccc34)cccc21. The average molecular weight is 385 g/mol. The molecule has 1 aliphatic rings. The topological polar surface area (TPSA) is 56.2 Å². The van der Waals surface area contributed by atoms with Crippen LogP contribution >= 0.6 is 0 Å². The van der Waals surface area contributed by atoms with Gasteiger partial charge in [-0.1, -0.05) is 24.3 Å². The first-order valence-electron chi connectivity index (χ1n) is 9.96. The van der Waals surface area contributed by atoms with Gasteiger partial charge in [0, 0.05) is 47.2 Å². The highest BCUT2D eigenvalue weighted by atomic mass is 16.5. The van der Waals surface area contributed by atoms with E-state index in [0.717, 1.165) is 22.8 Å². The van der Waals surface area contributed by atoms with Crippen molar-refractivity contribution in [1.29, 1.82) is 0 Å². The zero-order valence-electron chi connectivity index (χ0n) is 16.3. The second-order valence-corrected chi connectivity index (χ2v) is 7.73. The number of fused-ring (bicyclic) bond motifs is 2. The summed E-state index contributed by atoms with van der Waals surface area (Å²) in [4.78, 5) is 17.5. The van der Waals surface area contributed by atoms with Gasteiger partial charge in [0.05, 0.1) is 24.8 Å². The lowest BCUT2D eigenvalue weighted by atomic mass is 9.93. The van der Waals surface area contributed by atoms with Gasteiger partial charge in [-0.2, -0.15) is 0 Å². The summed E-state index contributed by atoms with van der Waals surface area (Å²) in [6, 6.07) is 18.1. The molecule has 146 valence electrons. The van der Waals surface area contributed by atoms with Gasteiger partial charge in [-0.15, -0.1) is 0 Å². The van der Waals surface area contributed by atoms with Crippen molar-refractivity contribution in [2.24, 2.45) is 13.0 Å². The Morgan fingerprint density at radius 1 is 1.10 bits per heavy atom. The van der Waals surface area contributed by atoms with E-state index in [2.05, 4.69) is 22.4 Å². The van der Waals surface area contributed by atoms with E-state index < -0.39 is 0 Å². The Labute approximate surface area is 169 Å². The maximum Gasteiger partial charge on any atom is 0.252 e. The summed E-state index contributed by atoms with van der Waals surface area (Å²) < 4.78 is 7.78. The van der Waals surface area contributed by atoms with Crippen LogP contribution in [0.25, 0.3) is 21.8 Å². The van der Waals surface area contributed by atoms with Gasteiger partial charge in [0.1, 0.15) is 0 Å². The van der Waals surface area contributed by atoms with E-state index >= 15 is 0 Å². The highest BCUT2D eigenvalue weighted by Gasteiger charge is 2.30. The number of carbonyl (C=O) groups excluding carboxylic acids is 1. The lowest BCUT2D eigenvalue weighted by molar-refractivity contribution is 0.0927. The van der Waals surface area contributed by atoms with Crippen LogP contribution in [0.3, 0.4) is 0 Å². The number of benzene rings is 2. The van der Waals surface area contributed by atoms with Crippen LogP contribution in [-0.4, -0.2) is 34.7 Å². The highest BCUT2D eigenvalue weighted by molar-refractivity contribution is 6.06. The van der Waals surface area contributed by atoms with E-state index in [1.54, 1.807) is 0 Å². The van der Waals surface area contributed by atoms with E-state index in [1.807, 2.05) is 66.5 Å². The first kappa shape index (κ1) is 17.9. The number of hydrogen-bond donors (Lipinski definition) is 1. The molecule has 1 saturated heterocycles. The van der Waals surface area contributed by atoms with E-state index in [0.29, 0.717) is 18.8 Å². The predicted molar refractivity (Wildman–Crippen MR) is 114 cm³/mol. The normalized spacial score (nSPS) is 19.1. The van der Waals surface area contributed by atoms with Crippen molar-refractivity contribution in [3.8, 4) is 0 Å². The van der Waals surface area contributed by atoms with Gasteiger partial charge in [-0.05, 0) is 42.3 Å². The summed E-state index contributed by atoms with van der Waals surface area (Å²) in [5, 5.41) is 5.37. The molecule has 0 saturated carbocycles. The van der Waals surface area contributed by atoms with Crippen LogP contribution in [0.1, 0.15) is 15.9 Å². The number of para-hydroxylation sites is 1. The Bertz CT molecular complexity index is 1190. The zero-order chi connectivity index (χ0) is 19.8. The molecular formula is C24H23N3O2. The van der Waals surface area contributed by atoms with E-state index in [4.69, 9.17) is 4.74 Å². The van der Waals surface area contributed by atoms with Gasteiger partial charge in [0.25, 0.3) is 5.91 Å². The number of pyridine rings is 1. The number of amides is 1. The fourth-order valence-electron chi connectivity index (χ4n) is 4.32. The van der Waals surface area contributed by atoms with Crippen LogP contribution in [0.15, 0.2) is 67.0 Å². The molecule has 0 radical (unpaired) electrons. The molecule has 4 aromatic rings. The Morgan fingerprint density at radius 2 is 2.00 bits per heavy atom. The van der Waals surface area contributed by atoms with Gasteiger partial charge in [-0.3, -0.25) is 9.78 Å². The number of ether oxygens (including phenoxy) is 1. The monoisotopic (exact) mass is 385 g/mol. The first-order chi connectivity index (χ1) is 14.2. The Kier molecular flexibility index (Phi) is 4.52. The molecule has 0 unspecified atom stereocenters. The molecule has 29 heavy (non-hydrogen) atoms. The number of nitrogens with zero attached hydrogens (tertiary/aromatic N) is 2. The number of nitrogens with one attached hydrogen (secondary N) is 1. The minimum absolute atomic E-state index is 0.00611. The number of hydrogen-bond acceptors (Lipinski definition) is 3. The molecule has 1 fully saturated rings. The molecule has 5 nitrogen and oxygen atoms in total. The van der Waals surface area contributed by atoms with Gasteiger partial charge >= 0.3 is 0 Å². The second kappa shape index (κ2) is 7.33. The van der Waals surface area contributed by atoms with E-state index in [9.17, 15) is 4.79 Å². The number of carbonyl (C=O) groups is 1. The van der Waals surface area contributed by atoms with Crippen LogP contribution in [0.5, 0.6) is 0 Å². The molecule has 1 amide bonds. The quantitative estimate of drug-likeness (QED) is 0.583. The summed E-state index contributed by atoms with van der Waals surface area (Å²) in [5.74, 6) is 0.196. The molecule has 0 bridgehead atoms. The van der Waals surface area contributed by atoms with Crippen molar-refractivity contribution in [3.63, 3.8) is 0 Å². The minimum atomic E-state index is -0.0399. The molecular weight excluding hydrogens is 362 g/mol. The van der Waals surface area contributed by atoms with Crippen molar-refractivity contribution < 1.29 is 9.53 Å². The summed E-state index contributed by atoms with van der Waals surface area (Å²) >= 11 is 0.